The van der Waals surface area contributed by atoms with Crippen molar-refractivity contribution in [3.05, 3.63) is 41.4 Å². The normalized spacial score (nSPS) is 27.5. The topological polar surface area (TPSA) is 38.3 Å². The highest BCUT2D eigenvalue weighted by Gasteiger charge is 2.36. The van der Waals surface area contributed by atoms with Gasteiger partial charge in [0.15, 0.2) is 6.61 Å². The Morgan fingerprint density at radius 3 is 2.68 bits per heavy atom. The maximum Gasteiger partial charge on any atom is 0.258 e. The van der Waals surface area contributed by atoms with Crippen LogP contribution in [0.25, 0.3) is 0 Å². The van der Waals surface area contributed by atoms with E-state index in [0.717, 1.165) is 6.42 Å². The lowest BCUT2D eigenvalue weighted by molar-refractivity contribution is -0.124. The van der Waals surface area contributed by atoms with Crippen molar-refractivity contribution in [1.82, 2.24) is 5.32 Å². The zero-order chi connectivity index (χ0) is 13.2. The number of hydrogen-bond acceptors (Lipinski definition) is 2. The number of halogens is 1. The molecule has 1 aromatic rings. The molecule has 3 rings (SSSR count). The van der Waals surface area contributed by atoms with Crippen LogP contribution in [0.4, 0.5) is 0 Å². The van der Waals surface area contributed by atoms with E-state index in [9.17, 15) is 4.79 Å². The van der Waals surface area contributed by atoms with Crippen LogP contribution in [0.1, 0.15) is 12.8 Å². The molecule has 1 saturated carbocycles. The highest BCUT2D eigenvalue weighted by Crippen LogP contribution is 2.38. The Hall–Kier alpha value is -1.48. The van der Waals surface area contributed by atoms with Crippen LogP contribution in [0.15, 0.2) is 36.4 Å². The number of ether oxygens (including phenoxy) is 1. The molecule has 2 bridgehead atoms. The quantitative estimate of drug-likeness (QED) is 0.860. The number of hydrogen-bond donors (Lipinski definition) is 1. The number of benzene rings is 1. The second-order valence-corrected chi connectivity index (χ2v) is 5.63. The molecule has 4 heteroatoms. The molecule has 3 nitrogen and oxygen atoms in total. The molecule has 2 aliphatic carbocycles. The van der Waals surface area contributed by atoms with E-state index in [-0.39, 0.29) is 18.6 Å². The molecule has 1 amide bonds. The lowest BCUT2D eigenvalue weighted by Gasteiger charge is -2.19. The Bertz CT molecular complexity index is 497. The van der Waals surface area contributed by atoms with Gasteiger partial charge in [0.1, 0.15) is 5.75 Å². The first-order chi connectivity index (χ1) is 9.20. The number of rotatable bonds is 4. The van der Waals surface area contributed by atoms with Crippen LogP contribution in [0.3, 0.4) is 0 Å². The summed E-state index contributed by atoms with van der Waals surface area (Å²) in [5.41, 5.74) is 0. The predicted molar refractivity (Wildman–Crippen MR) is 74.2 cm³/mol. The van der Waals surface area contributed by atoms with E-state index in [2.05, 4.69) is 17.5 Å². The number of amides is 1. The summed E-state index contributed by atoms with van der Waals surface area (Å²) in [6.45, 7) is 0.0548. The smallest absolute Gasteiger partial charge is 0.258 e. The standard InChI is InChI=1S/C15H16ClNO2/c16-12-3-5-13(6-4-12)19-9-15(18)17-14-8-10-1-2-11(14)7-10/h1-6,10-11,14H,7-9H2,(H,17,18). The van der Waals surface area contributed by atoms with Crippen molar-refractivity contribution in [1.29, 1.82) is 0 Å². The van der Waals surface area contributed by atoms with E-state index in [1.807, 2.05) is 0 Å². The Kier molecular flexibility index (Phi) is 3.47. The number of carbonyl (C=O) groups excluding carboxylic acids is 1. The van der Waals surface area contributed by atoms with Crippen molar-refractivity contribution in [2.45, 2.75) is 18.9 Å². The summed E-state index contributed by atoms with van der Waals surface area (Å²) in [5.74, 6) is 1.78. The number of allylic oxidation sites excluding steroid dienone is 1. The molecule has 0 aromatic heterocycles. The van der Waals surface area contributed by atoms with E-state index < -0.39 is 0 Å². The second kappa shape index (κ2) is 5.25. The Morgan fingerprint density at radius 1 is 1.26 bits per heavy atom. The van der Waals surface area contributed by atoms with Crippen molar-refractivity contribution in [2.75, 3.05) is 6.61 Å². The molecule has 0 radical (unpaired) electrons. The Morgan fingerprint density at radius 2 is 2.05 bits per heavy atom. The van der Waals surface area contributed by atoms with E-state index in [4.69, 9.17) is 16.3 Å². The van der Waals surface area contributed by atoms with Crippen LogP contribution in [0, 0.1) is 11.8 Å². The van der Waals surface area contributed by atoms with Crippen molar-refractivity contribution >= 4 is 17.5 Å². The molecule has 2 aliphatic rings. The van der Waals surface area contributed by atoms with Gasteiger partial charge in [0, 0.05) is 11.1 Å². The molecule has 19 heavy (non-hydrogen) atoms. The van der Waals surface area contributed by atoms with Crippen molar-refractivity contribution in [3.63, 3.8) is 0 Å². The number of carbonyl (C=O) groups is 1. The summed E-state index contributed by atoms with van der Waals surface area (Å²) in [6.07, 6.45) is 6.73. The van der Waals surface area contributed by atoms with Crippen molar-refractivity contribution < 1.29 is 9.53 Å². The van der Waals surface area contributed by atoms with Gasteiger partial charge in [0.05, 0.1) is 0 Å². The van der Waals surface area contributed by atoms with Gasteiger partial charge in [-0.2, -0.15) is 0 Å². The summed E-state index contributed by atoms with van der Waals surface area (Å²) in [6, 6.07) is 7.30. The maximum atomic E-state index is 11.8. The van der Waals surface area contributed by atoms with Crippen LogP contribution in [-0.2, 0) is 4.79 Å². The van der Waals surface area contributed by atoms with Crippen LogP contribution in [0.2, 0.25) is 5.02 Å². The number of nitrogens with one attached hydrogen (secondary N) is 1. The fourth-order valence-corrected chi connectivity index (χ4v) is 3.00. The average molecular weight is 278 g/mol. The lowest BCUT2D eigenvalue weighted by Crippen LogP contribution is -2.40. The largest absolute Gasteiger partial charge is 0.484 e. The van der Waals surface area contributed by atoms with Crippen LogP contribution in [-0.4, -0.2) is 18.6 Å². The first kappa shape index (κ1) is 12.5. The van der Waals surface area contributed by atoms with Gasteiger partial charge in [0.25, 0.3) is 5.91 Å². The molecule has 0 saturated heterocycles. The minimum absolute atomic E-state index is 0.0547. The molecule has 0 aliphatic heterocycles. The summed E-state index contributed by atoms with van der Waals surface area (Å²) < 4.78 is 5.42. The van der Waals surface area contributed by atoms with Gasteiger partial charge < -0.3 is 10.1 Å². The van der Waals surface area contributed by atoms with Gasteiger partial charge in [-0.1, -0.05) is 23.8 Å². The molecule has 0 heterocycles. The third-order valence-electron chi connectivity index (χ3n) is 3.81. The molecule has 0 spiro atoms. The van der Waals surface area contributed by atoms with Crippen molar-refractivity contribution in [2.24, 2.45) is 11.8 Å². The van der Waals surface area contributed by atoms with Crippen LogP contribution in [0.5, 0.6) is 5.75 Å². The second-order valence-electron chi connectivity index (χ2n) is 5.20. The first-order valence-corrected chi connectivity index (χ1v) is 6.94. The van der Waals surface area contributed by atoms with Crippen LogP contribution < -0.4 is 10.1 Å². The van der Waals surface area contributed by atoms with Gasteiger partial charge in [-0.05, 0) is 48.9 Å². The van der Waals surface area contributed by atoms with Gasteiger partial charge in [0.2, 0.25) is 0 Å². The highest BCUT2D eigenvalue weighted by molar-refractivity contribution is 6.30. The first-order valence-electron chi connectivity index (χ1n) is 6.57. The highest BCUT2D eigenvalue weighted by atomic mass is 35.5. The third-order valence-corrected chi connectivity index (χ3v) is 4.06. The summed E-state index contributed by atoms with van der Waals surface area (Å²) in [4.78, 5) is 11.8. The van der Waals surface area contributed by atoms with Gasteiger partial charge in [-0.3, -0.25) is 4.79 Å². The third kappa shape index (κ3) is 2.92. The predicted octanol–water partition coefficient (Wildman–Crippen LogP) is 2.80. The molecule has 1 aromatic carbocycles. The summed E-state index contributed by atoms with van der Waals surface area (Å²) in [5, 5.41) is 3.71. The lowest BCUT2D eigenvalue weighted by atomic mass is 10.0. The summed E-state index contributed by atoms with van der Waals surface area (Å²) >= 11 is 5.78. The molecule has 1 fully saturated rings. The van der Waals surface area contributed by atoms with Crippen molar-refractivity contribution in [3.8, 4) is 5.75 Å². The Labute approximate surface area is 117 Å². The van der Waals surface area contributed by atoms with Crippen LogP contribution >= 0.6 is 11.6 Å². The minimum atomic E-state index is -0.0547. The molecule has 3 atom stereocenters. The zero-order valence-electron chi connectivity index (χ0n) is 10.5. The SMILES string of the molecule is O=C(COc1ccc(Cl)cc1)NC1CC2C=CC1C2. The van der Waals surface area contributed by atoms with E-state index >= 15 is 0 Å². The minimum Gasteiger partial charge on any atom is -0.484 e. The van der Waals surface area contributed by atoms with E-state index in [1.165, 1.54) is 6.42 Å². The molecular formula is C15H16ClNO2. The Balaban J connectivity index is 1.47. The van der Waals surface area contributed by atoms with Gasteiger partial charge in [-0.15, -0.1) is 0 Å². The maximum absolute atomic E-state index is 11.8. The van der Waals surface area contributed by atoms with Gasteiger partial charge >= 0.3 is 0 Å². The fraction of sp³-hybridized carbons (Fsp3) is 0.400. The zero-order valence-corrected chi connectivity index (χ0v) is 11.3. The molecule has 3 unspecified atom stereocenters. The monoisotopic (exact) mass is 277 g/mol. The summed E-state index contributed by atoms with van der Waals surface area (Å²) in [7, 11) is 0. The number of fused-ring (bicyclic) bond motifs is 2. The van der Waals surface area contributed by atoms with E-state index in [0.29, 0.717) is 22.6 Å². The van der Waals surface area contributed by atoms with E-state index in [1.54, 1.807) is 24.3 Å². The van der Waals surface area contributed by atoms with Gasteiger partial charge in [-0.25, -0.2) is 0 Å². The molecule has 100 valence electrons. The molecular weight excluding hydrogens is 262 g/mol. The molecule has 1 N–H and O–H groups in total. The average Bonchev–Trinajstić information content (AvgIpc) is 3.00. The fourth-order valence-electron chi connectivity index (χ4n) is 2.87.